The molecule has 0 unspecified atom stereocenters. The van der Waals surface area contributed by atoms with Crippen LogP contribution in [-0.4, -0.2) is 35.4 Å². The molecule has 1 saturated heterocycles. The normalized spacial score (nSPS) is 17.7. The Balaban J connectivity index is 1.96. The van der Waals surface area contributed by atoms with Crippen LogP contribution in [0.4, 0.5) is 0 Å². The van der Waals surface area contributed by atoms with Crippen LogP contribution < -0.4 is 0 Å². The van der Waals surface area contributed by atoms with Gasteiger partial charge in [0.1, 0.15) is 0 Å². The molecule has 0 radical (unpaired) electrons. The maximum absolute atomic E-state index is 10.9. The summed E-state index contributed by atoms with van der Waals surface area (Å²) in [6.45, 7) is 8.71. The lowest BCUT2D eigenvalue weighted by Crippen LogP contribution is -2.28. The molecule has 2 heterocycles. The first kappa shape index (κ1) is 13.3. The molecular formula is C15H24N2O. The van der Waals surface area contributed by atoms with Crippen LogP contribution >= 0.6 is 0 Å². The molecule has 1 aliphatic rings. The van der Waals surface area contributed by atoms with Gasteiger partial charge in [-0.25, -0.2) is 0 Å². The minimum atomic E-state index is 0.836. The third kappa shape index (κ3) is 3.02. The first-order valence-electron chi connectivity index (χ1n) is 7.06. The van der Waals surface area contributed by atoms with E-state index in [2.05, 4.69) is 16.4 Å². The molecule has 0 atom stereocenters. The minimum Gasteiger partial charge on any atom is -0.347 e. The molecule has 0 saturated carbocycles. The van der Waals surface area contributed by atoms with Gasteiger partial charge in [-0.2, -0.15) is 0 Å². The maximum Gasteiger partial charge on any atom is 0.151 e. The lowest BCUT2D eigenvalue weighted by molar-refractivity contribution is 0.112. The number of aryl methyl sites for hydroxylation is 1. The van der Waals surface area contributed by atoms with E-state index in [1.807, 2.05) is 13.0 Å². The second-order valence-corrected chi connectivity index (χ2v) is 5.35. The molecule has 0 N–H and O–H groups in total. The largest absolute Gasteiger partial charge is 0.347 e. The first-order chi connectivity index (χ1) is 8.72. The summed E-state index contributed by atoms with van der Waals surface area (Å²) in [6.07, 6.45) is 6.40. The molecule has 100 valence electrons. The Morgan fingerprint density at radius 2 is 1.78 bits per heavy atom. The number of nitrogens with zero attached hydrogens (tertiary/aromatic N) is 2. The molecule has 1 aromatic heterocycles. The fourth-order valence-electron chi connectivity index (χ4n) is 2.89. The van der Waals surface area contributed by atoms with Gasteiger partial charge in [0.15, 0.2) is 6.29 Å². The van der Waals surface area contributed by atoms with Gasteiger partial charge in [0.2, 0.25) is 0 Å². The second kappa shape index (κ2) is 6.19. The third-order valence-electron chi connectivity index (χ3n) is 4.08. The standard InChI is InChI=1S/C15H24N2O/c1-13-11-15(12-18)14(2)17(13)10-9-16-7-5-3-4-6-8-16/h11-12H,3-10H2,1-2H3. The maximum atomic E-state index is 10.9. The van der Waals surface area contributed by atoms with E-state index in [1.165, 1.54) is 44.5 Å². The van der Waals surface area contributed by atoms with Gasteiger partial charge in [-0.05, 0) is 45.8 Å². The zero-order chi connectivity index (χ0) is 13.0. The van der Waals surface area contributed by atoms with Crippen molar-refractivity contribution in [2.24, 2.45) is 0 Å². The number of aldehydes is 1. The summed E-state index contributed by atoms with van der Waals surface area (Å²) in [5, 5.41) is 0. The van der Waals surface area contributed by atoms with E-state index in [-0.39, 0.29) is 0 Å². The van der Waals surface area contributed by atoms with E-state index in [9.17, 15) is 4.79 Å². The summed E-state index contributed by atoms with van der Waals surface area (Å²) in [5.74, 6) is 0. The monoisotopic (exact) mass is 248 g/mol. The molecule has 1 aromatic rings. The highest BCUT2D eigenvalue weighted by Crippen LogP contribution is 2.14. The molecule has 2 rings (SSSR count). The summed E-state index contributed by atoms with van der Waals surface area (Å²) in [7, 11) is 0. The van der Waals surface area contributed by atoms with Gasteiger partial charge in [0, 0.05) is 30.0 Å². The molecule has 0 aliphatic carbocycles. The van der Waals surface area contributed by atoms with Crippen molar-refractivity contribution in [3.8, 4) is 0 Å². The van der Waals surface area contributed by atoms with Crippen LogP contribution in [0.3, 0.4) is 0 Å². The van der Waals surface area contributed by atoms with E-state index < -0.39 is 0 Å². The Morgan fingerprint density at radius 1 is 1.11 bits per heavy atom. The summed E-state index contributed by atoms with van der Waals surface area (Å²) in [5.41, 5.74) is 3.14. The van der Waals surface area contributed by atoms with Crippen molar-refractivity contribution < 1.29 is 4.79 Å². The molecule has 1 aliphatic heterocycles. The van der Waals surface area contributed by atoms with Crippen molar-refractivity contribution in [1.29, 1.82) is 0 Å². The lowest BCUT2D eigenvalue weighted by Gasteiger charge is -2.21. The molecular weight excluding hydrogens is 224 g/mol. The van der Waals surface area contributed by atoms with Crippen molar-refractivity contribution in [2.75, 3.05) is 19.6 Å². The van der Waals surface area contributed by atoms with E-state index >= 15 is 0 Å². The van der Waals surface area contributed by atoms with Crippen LogP contribution in [0.1, 0.15) is 47.4 Å². The van der Waals surface area contributed by atoms with Crippen LogP contribution in [0.5, 0.6) is 0 Å². The Bertz CT molecular complexity index is 401. The summed E-state index contributed by atoms with van der Waals surface area (Å²) in [4.78, 5) is 13.5. The van der Waals surface area contributed by atoms with Gasteiger partial charge in [-0.3, -0.25) is 4.79 Å². The number of hydrogen-bond acceptors (Lipinski definition) is 2. The van der Waals surface area contributed by atoms with Gasteiger partial charge in [0.25, 0.3) is 0 Å². The quantitative estimate of drug-likeness (QED) is 0.766. The SMILES string of the molecule is Cc1cc(C=O)c(C)n1CCN1CCCCCC1. The molecule has 0 amide bonds. The van der Waals surface area contributed by atoms with Crippen LogP contribution in [0, 0.1) is 13.8 Å². The first-order valence-corrected chi connectivity index (χ1v) is 7.06. The molecule has 3 nitrogen and oxygen atoms in total. The van der Waals surface area contributed by atoms with Crippen LogP contribution in [0.15, 0.2) is 6.07 Å². The van der Waals surface area contributed by atoms with Gasteiger partial charge in [-0.1, -0.05) is 12.8 Å². The van der Waals surface area contributed by atoms with Crippen molar-refractivity contribution >= 4 is 6.29 Å². The van der Waals surface area contributed by atoms with Crippen molar-refractivity contribution in [3.05, 3.63) is 23.0 Å². The Hall–Kier alpha value is -1.09. The van der Waals surface area contributed by atoms with Gasteiger partial charge in [0.05, 0.1) is 0 Å². The average molecular weight is 248 g/mol. The molecule has 0 bridgehead atoms. The zero-order valence-electron chi connectivity index (χ0n) is 11.6. The number of hydrogen-bond donors (Lipinski definition) is 0. The lowest BCUT2D eigenvalue weighted by atomic mass is 10.2. The fourth-order valence-corrected chi connectivity index (χ4v) is 2.89. The van der Waals surface area contributed by atoms with Crippen LogP contribution in [0.25, 0.3) is 0 Å². The van der Waals surface area contributed by atoms with Crippen LogP contribution in [0.2, 0.25) is 0 Å². The number of carbonyl (C=O) groups excluding carboxylic acids is 1. The van der Waals surface area contributed by atoms with Gasteiger partial charge >= 0.3 is 0 Å². The zero-order valence-corrected chi connectivity index (χ0v) is 11.6. The van der Waals surface area contributed by atoms with Gasteiger partial charge in [-0.15, -0.1) is 0 Å². The molecule has 3 heteroatoms. The smallest absolute Gasteiger partial charge is 0.151 e. The molecule has 18 heavy (non-hydrogen) atoms. The second-order valence-electron chi connectivity index (χ2n) is 5.35. The van der Waals surface area contributed by atoms with Gasteiger partial charge < -0.3 is 9.47 Å². The molecule has 0 spiro atoms. The summed E-state index contributed by atoms with van der Waals surface area (Å²) < 4.78 is 2.27. The van der Waals surface area contributed by atoms with E-state index in [0.717, 1.165) is 30.6 Å². The Morgan fingerprint density at radius 3 is 2.33 bits per heavy atom. The predicted molar refractivity (Wildman–Crippen MR) is 74.2 cm³/mol. The molecule has 1 fully saturated rings. The van der Waals surface area contributed by atoms with E-state index in [4.69, 9.17) is 0 Å². The summed E-state index contributed by atoms with van der Waals surface area (Å²) >= 11 is 0. The number of carbonyl (C=O) groups is 1. The highest BCUT2D eigenvalue weighted by Gasteiger charge is 2.11. The van der Waals surface area contributed by atoms with Crippen molar-refractivity contribution in [2.45, 2.75) is 46.1 Å². The highest BCUT2D eigenvalue weighted by molar-refractivity contribution is 5.77. The number of rotatable bonds is 4. The van der Waals surface area contributed by atoms with Crippen molar-refractivity contribution in [3.63, 3.8) is 0 Å². The van der Waals surface area contributed by atoms with E-state index in [0.29, 0.717) is 0 Å². The topological polar surface area (TPSA) is 25.2 Å². The third-order valence-corrected chi connectivity index (χ3v) is 4.08. The minimum absolute atomic E-state index is 0.836. The molecule has 0 aromatic carbocycles. The van der Waals surface area contributed by atoms with Crippen LogP contribution in [-0.2, 0) is 6.54 Å². The fraction of sp³-hybridized carbons (Fsp3) is 0.667. The number of aromatic nitrogens is 1. The summed E-state index contributed by atoms with van der Waals surface area (Å²) in [6, 6.07) is 1.99. The Labute approximate surface area is 110 Å². The predicted octanol–water partition coefficient (Wildman–Crippen LogP) is 2.79. The number of likely N-dealkylation sites (tertiary alicyclic amines) is 1. The average Bonchev–Trinajstić information content (AvgIpc) is 2.58. The van der Waals surface area contributed by atoms with E-state index in [1.54, 1.807) is 0 Å². The van der Waals surface area contributed by atoms with Crippen molar-refractivity contribution in [1.82, 2.24) is 9.47 Å². The Kier molecular flexibility index (Phi) is 4.59. The highest BCUT2D eigenvalue weighted by atomic mass is 16.1.